The first-order chi connectivity index (χ1) is 7.00. The Morgan fingerprint density at radius 2 is 2.27 bits per heavy atom. The molecule has 1 heterocycles. The highest BCUT2D eigenvalue weighted by Crippen LogP contribution is 2.13. The fourth-order valence-corrected chi connectivity index (χ4v) is 1.26. The summed E-state index contributed by atoms with van der Waals surface area (Å²) in [6.45, 7) is 4.18. The average molecular weight is 229 g/mol. The van der Waals surface area contributed by atoms with E-state index in [2.05, 4.69) is 23.8 Å². The molecule has 0 aliphatic heterocycles. The molecule has 0 unspecified atom stereocenters. The molecular formula is C10H13ClN2O2. The van der Waals surface area contributed by atoms with Crippen molar-refractivity contribution in [3.63, 3.8) is 0 Å². The number of halogens is 1. The Kier molecular flexibility index (Phi) is 4.03. The van der Waals surface area contributed by atoms with E-state index in [1.165, 1.54) is 6.20 Å². The summed E-state index contributed by atoms with van der Waals surface area (Å²) in [5.74, 6) is -0.0451. The highest BCUT2D eigenvalue weighted by molar-refractivity contribution is 6.33. The highest BCUT2D eigenvalue weighted by atomic mass is 35.5. The fraction of sp³-hybridized carbons (Fsp3) is 0.500. The van der Waals surface area contributed by atoms with Crippen LogP contribution in [-0.4, -0.2) is 21.0 Å². The minimum atomic E-state index is -1.12. The summed E-state index contributed by atoms with van der Waals surface area (Å²) in [7, 11) is 0. The van der Waals surface area contributed by atoms with Crippen LogP contribution in [0.5, 0.6) is 0 Å². The molecule has 4 nitrogen and oxygen atoms in total. The second kappa shape index (κ2) is 5.07. The molecule has 82 valence electrons. The molecule has 1 rings (SSSR count). The molecule has 0 amide bonds. The maximum atomic E-state index is 10.7. The number of aromatic nitrogens is 2. The van der Waals surface area contributed by atoms with Crippen molar-refractivity contribution in [2.24, 2.45) is 5.92 Å². The second-order valence-corrected chi connectivity index (χ2v) is 4.13. The highest BCUT2D eigenvalue weighted by Gasteiger charge is 2.12. The quantitative estimate of drug-likeness (QED) is 0.860. The number of rotatable bonds is 4. The Labute approximate surface area is 93.3 Å². The molecule has 5 heteroatoms. The minimum absolute atomic E-state index is 0.0794. The largest absolute Gasteiger partial charge is 0.476 e. The number of aryl methyl sites for hydroxylation is 1. The molecule has 0 aromatic carbocycles. The van der Waals surface area contributed by atoms with Gasteiger partial charge in [0.25, 0.3) is 0 Å². The molecule has 1 aromatic heterocycles. The maximum absolute atomic E-state index is 10.7. The molecular weight excluding hydrogens is 216 g/mol. The Bertz CT molecular complexity index is 366. The Morgan fingerprint density at radius 3 is 2.80 bits per heavy atom. The van der Waals surface area contributed by atoms with Crippen LogP contribution in [0.2, 0.25) is 5.02 Å². The van der Waals surface area contributed by atoms with E-state index in [1.807, 2.05) is 0 Å². The van der Waals surface area contributed by atoms with E-state index in [-0.39, 0.29) is 10.7 Å². The first-order valence-electron chi connectivity index (χ1n) is 4.75. The van der Waals surface area contributed by atoms with E-state index in [0.717, 1.165) is 6.42 Å². The third-order valence-corrected chi connectivity index (χ3v) is 2.22. The summed E-state index contributed by atoms with van der Waals surface area (Å²) in [6.07, 6.45) is 2.95. The van der Waals surface area contributed by atoms with E-state index >= 15 is 0 Å². The molecule has 0 aliphatic rings. The first kappa shape index (κ1) is 11.9. The van der Waals surface area contributed by atoms with Crippen molar-refractivity contribution in [2.45, 2.75) is 26.7 Å². The molecule has 0 atom stereocenters. The number of hydrogen-bond donors (Lipinski definition) is 1. The lowest BCUT2D eigenvalue weighted by Crippen LogP contribution is -2.07. The van der Waals surface area contributed by atoms with E-state index in [1.54, 1.807) is 0 Å². The second-order valence-electron chi connectivity index (χ2n) is 3.72. The van der Waals surface area contributed by atoms with E-state index in [4.69, 9.17) is 16.7 Å². The third-order valence-electron chi connectivity index (χ3n) is 1.94. The van der Waals surface area contributed by atoms with Crippen LogP contribution in [-0.2, 0) is 6.42 Å². The lowest BCUT2D eigenvalue weighted by Gasteiger charge is -2.04. The van der Waals surface area contributed by atoms with Crippen LogP contribution in [0, 0.1) is 5.92 Å². The minimum Gasteiger partial charge on any atom is -0.476 e. The Balaban J connectivity index is 2.83. The zero-order valence-corrected chi connectivity index (χ0v) is 9.45. The summed E-state index contributed by atoms with van der Waals surface area (Å²) < 4.78 is 0. The van der Waals surface area contributed by atoms with Gasteiger partial charge in [-0.05, 0) is 12.3 Å². The van der Waals surface area contributed by atoms with Crippen molar-refractivity contribution in [1.82, 2.24) is 9.97 Å². The van der Waals surface area contributed by atoms with Crippen LogP contribution in [0.25, 0.3) is 0 Å². The van der Waals surface area contributed by atoms with Crippen LogP contribution in [0.4, 0.5) is 0 Å². The topological polar surface area (TPSA) is 63.1 Å². The van der Waals surface area contributed by atoms with Crippen molar-refractivity contribution in [2.75, 3.05) is 0 Å². The van der Waals surface area contributed by atoms with Gasteiger partial charge in [0, 0.05) is 6.42 Å². The lowest BCUT2D eigenvalue weighted by atomic mass is 10.1. The Morgan fingerprint density at radius 1 is 1.60 bits per heavy atom. The van der Waals surface area contributed by atoms with Gasteiger partial charge in [0.05, 0.1) is 11.2 Å². The van der Waals surface area contributed by atoms with Gasteiger partial charge >= 0.3 is 5.97 Å². The lowest BCUT2D eigenvalue weighted by molar-refractivity contribution is 0.0690. The summed E-state index contributed by atoms with van der Waals surface area (Å²) in [4.78, 5) is 18.6. The molecule has 15 heavy (non-hydrogen) atoms. The van der Waals surface area contributed by atoms with Gasteiger partial charge in [-0.15, -0.1) is 0 Å². The number of hydrogen-bond acceptors (Lipinski definition) is 3. The molecule has 0 bridgehead atoms. The van der Waals surface area contributed by atoms with Gasteiger partial charge in [-0.1, -0.05) is 25.4 Å². The molecule has 1 N–H and O–H groups in total. The standard InChI is InChI=1S/C10H13ClN2O2/c1-6(2)3-4-8-12-5-7(11)9(13-8)10(14)15/h5-6H,3-4H2,1-2H3,(H,14,15). The van der Waals surface area contributed by atoms with Crippen molar-refractivity contribution in [3.05, 3.63) is 22.7 Å². The van der Waals surface area contributed by atoms with Crippen molar-refractivity contribution >= 4 is 17.6 Å². The van der Waals surface area contributed by atoms with Gasteiger partial charge in [0.1, 0.15) is 5.82 Å². The van der Waals surface area contributed by atoms with E-state index in [0.29, 0.717) is 18.2 Å². The van der Waals surface area contributed by atoms with Gasteiger partial charge < -0.3 is 5.11 Å². The first-order valence-corrected chi connectivity index (χ1v) is 5.13. The van der Waals surface area contributed by atoms with E-state index in [9.17, 15) is 4.79 Å². The number of carboxylic acid groups (broad SMARTS) is 1. The van der Waals surface area contributed by atoms with Crippen LogP contribution >= 0.6 is 11.6 Å². The van der Waals surface area contributed by atoms with Gasteiger partial charge in [-0.2, -0.15) is 0 Å². The van der Waals surface area contributed by atoms with Crippen LogP contribution < -0.4 is 0 Å². The van der Waals surface area contributed by atoms with Crippen LogP contribution in [0.15, 0.2) is 6.20 Å². The Hall–Kier alpha value is -1.16. The summed E-state index contributed by atoms with van der Waals surface area (Å²) in [6, 6.07) is 0. The number of nitrogens with zero attached hydrogens (tertiary/aromatic N) is 2. The van der Waals surface area contributed by atoms with Crippen molar-refractivity contribution in [3.8, 4) is 0 Å². The number of carboxylic acids is 1. The van der Waals surface area contributed by atoms with Gasteiger partial charge in [0.15, 0.2) is 5.69 Å². The molecule has 0 radical (unpaired) electrons. The molecule has 0 aliphatic carbocycles. The normalized spacial score (nSPS) is 10.7. The average Bonchev–Trinajstić information content (AvgIpc) is 2.16. The zero-order chi connectivity index (χ0) is 11.4. The fourth-order valence-electron chi connectivity index (χ4n) is 1.09. The van der Waals surface area contributed by atoms with Gasteiger partial charge in [-0.3, -0.25) is 0 Å². The molecule has 0 spiro atoms. The van der Waals surface area contributed by atoms with Crippen LogP contribution in [0.3, 0.4) is 0 Å². The van der Waals surface area contributed by atoms with Crippen molar-refractivity contribution < 1.29 is 9.90 Å². The maximum Gasteiger partial charge on any atom is 0.356 e. The van der Waals surface area contributed by atoms with Crippen molar-refractivity contribution in [1.29, 1.82) is 0 Å². The SMILES string of the molecule is CC(C)CCc1ncc(Cl)c(C(=O)O)n1. The zero-order valence-electron chi connectivity index (χ0n) is 8.70. The molecule has 1 aromatic rings. The van der Waals surface area contributed by atoms with Gasteiger partial charge in [-0.25, -0.2) is 14.8 Å². The predicted molar refractivity (Wildman–Crippen MR) is 57.2 cm³/mol. The van der Waals surface area contributed by atoms with Gasteiger partial charge in [0.2, 0.25) is 0 Å². The van der Waals surface area contributed by atoms with Crippen LogP contribution in [0.1, 0.15) is 36.6 Å². The predicted octanol–water partition coefficient (Wildman–Crippen LogP) is 2.42. The third kappa shape index (κ3) is 3.47. The van der Waals surface area contributed by atoms with E-state index < -0.39 is 5.97 Å². The smallest absolute Gasteiger partial charge is 0.356 e. The molecule has 0 saturated heterocycles. The number of carbonyl (C=O) groups is 1. The number of aromatic carboxylic acids is 1. The molecule has 0 fully saturated rings. The summed E-state index contributed by atoms with van der Waals surface area (Å²) in [5, 5.41) is 8.87. The summed E-state index contributed by atoms with van der Waals surface area (Å²) >= 11 is 5.65. The molecule has 0 saturated carbocycles. The monoisotopic (exact) mass is 228 g/mol. The summed E-state index contributed by atoms with van der Waals surface area (Å²) in [5.41, 5.74) is -0.120.